The van der Waals surface area contributed by atoms with Crippen LogP contribution in [0.5, 0.6) is 0 Å². The van der Waals surface area contributed by atoms with Gasteiger partial charge in [-0.05, 0) is 51.8 Å². The fourth-order valence-corrected chi connectivity index (χ4v) is 3.49. The Labute approximate surface area is 111 Å². The van der Waals surface area contributed by atoms with Crippen LogP contribution in [0.15, 0.2) is 52.1 Å². The molecule has 2 N–H and O–H groups in total. The summed E-state index contributed by atoms with van der Waals surface area (Å²) in [5.41, 5.74) is 7.30. The summed E-state index contributed by atoms with van der Waals surface area (Å²) in [6.45, 7) is 0. The van der Waals surface area contributed by atoms with Crippen molar-refractivity contribution in [1.82, 2.24) is 4.98 Å². The van der Waals surface area contributed by atoms with Crippen molar-refractivity contribution in [3.05, 3.63) is 52.8 Å². The molecule has 0 saturated carbocycles. The zero-order valence-corrected chi connectivity index (χ0v) is 11.4. The van der Waals surface area contributed by atoms with E-state index in [0.717, 1.165) is 14.9 Å². The van der Waals surface area contributed by atoms with Gasteiger partial charge in [0.25, 0.3) is 0 Å². The summed E-state index contributed by atoms with van der Waals surface area (Å²) >= 11 is 3.38. The van der Waals surface area contributed by atoms with Gasteiger partial charge in [-0.25, -0.2) is 0 Å². The van der Waals surface area contributed by atoms with Crippen LogP contribution in [0.3, 0.4) is 0 Å². The molecule has 0 radical (unpaired) electrons. The van der Waals surface area contributed by atoms with Crippen LogP contribution in [0.2, 0.25) is 0 Å². The van der Waals surface area contributed by atoms with Crippen LogP contribution in [-0.4, -0.2) is 9.19 Å². The van der Waals surface area contributed by atoms with Crippen molar-refractivity contribution in [2.45, 2.75) is 10.6 Å². The van der Waals surface area contributed by atoms with E-state index in [-0.39, 0.29) is 0 Å². The fraction of sp³-hybridized carbons (Fsp3) is 0.0833. The van der Waals surface area contributed by atoms with Gasteiger partial charge in [-0.15, -0.1) is 0 Å². The van der Waals surface area contributed by atoms with Crippen LogP contribution in [0.25, 0.3) is 0 Å². The highest BCUT2D eigenvalue weighted by Gasteiger charge is 2.09. The van der Waals surface area contributed by atoms with Crippen LogP contribution in [0, 0.1) is 0 Å². The molecule has 1 aromatic carbocycles. The molecule has 3 nitrogen and oxygen atoms in total. The molecule has 1 heterocycles. The number of halogens is 1. The van der Waals surface area contributed by atoms with Crippen molar-refractivity contribution in [2.75, 3.05) is 5.73 Å². The van der Waals surface area contributed by atoms with E-state index in [4.69, 9.17) is 5.73 Å². The van der Waals surface area contributed by atoms with E-state index in [2.05, 4.69) is 20.9 Å². The van der Waals surface area contributed by atoms with Crippen molar-refractivity contribution in [1.29, 1.82) is 0 Å². The highest BCUT2D eigenvalue weighted by atomic mass is 79.9. The monoisotopic (exact) mass is 310 g/mol. The summed E-state index contributed by atoms with van der Waals surface area (Å²) in [7, 11) is -1.08. The second kappa shape index (κ2) is 5.42. The summed E-state index contributed by atoms with van der Waals surface area (Å²) in [5, 5.41) is 0. The molecular weight excluding hydrogens is 300 g/mol. The summed E-state index contributed by atoms with van der Waals surface area (Å²) in [6, 6.07) is 9.03. The second-order valence-electron chi connectivity index (χ2n) is 3.54. The van der Waals surface area contributed by atoms with Crippen molar-refractivity contribution >= 4 is 32.4 Å². The van der Waals surface area contributed by atoms with E-state index in [1.165, 1.54) is 0 Å². The lowest BCUT2D eigenvalue weighted by atomic mass is 10.3. The van der Waals surface area contributed by atoms with Crippen molar-refractivity contribution in [3.8, 4) is 0 Å². The molecule has 88 valence electrons. The van der Waals surface area contributed by atoms with E-state index >= 15 is 0 Å². The van der Waals surface area contributed by atoms with Gasteiger partial charge in [0, 0.05) is 22.6 Å². The Morgan fingerprint density at radius 2 is 1.94 bits per heavy atom. The first-order valence-electron chi connectivity index (χ1n) is 4.99. The molecule has 17 heavy (non-hydrogen) atoms. The summed E-state index contributed by atoms with van der Waals surface area (Å²) < 4.78 is 12.9. The number of anilines is 1. The third-order valence-corrected chi connectivity index (χ3v) is 4.61. The van der Waals surface area contributed by atoms with E-state index in [1.54, 1.807) is 30.6 Å². The number of hydrogen-bond acceptors (Lipinski definition) is 3. The molecule has 0 fully saturated rings. The Kier molecular flexibility index (Phi) is 3.91. The Hall–Kier alpha value is -1.20. The van der Waals surface area contributed by atoms with Gasteiger partial charge >= 0.3 is 0 Å². The Balaban J connectivity index is 2.21. The minimum atomic E-state index is -1.08. The number of nitrogens with two attached hydrogens (primary N) is 1. The predicted molar refractivity (Wildman–Crippen MR) is 72.9 cm³/mol. The number of benzene rings is 1. The van der Waals surface area contributed by atoms with Crippen molar-refractivity contribution in [3.63, 3.8) is 0 Å². The van der Waals surface area contributed by atoms with E-state index in [0.29, 0.717) is 11.4 Å². The Bertz CT molecular complexity index is 545. The first kappa shape index (κ1) is 12.3. The predicted octanol–water partition coefficient (Wildman–Crippen LogP) is 2.73. The van der Waals surface area contributed by atoms with Crippen molar-refractivity contribution in [2.24, 2.45) is 0 Å². The SMILES string of the molecule is Nc1ccc(S(=O)Cc2ccncc2)c(Br)c1. The van der Waals surface area contributed by atoms with Gasteiger partial charge in [0.05, 0.1) is 21.4 Å². The lowest BCUT2D eigenvalue weighted by Crippen LogP contribution is -1.98. The minimum absolute atomic E-state index is 0.477. The summed E-state index contributed by atoms with van der Waals surface area (Å²) in [4.78, 5) is 4.69. The second-order valence-corrected chi connectivity index (χ2v) is 5.81. The molecule has 0 spiro atoms. The third-order valence-electron chi connectivity index (χ3n) is 2.25. The number of rotatable bonds is 3. The van der Waals surface area contributed by atoms with Crippen LogP contribution < -0.4 is 5.73 Å². The van der Waals surface area contributed by atoms with Gasteiger partial charge in [0.15, 0.2) is 0 Å². The largest absolute Gasteiger partial charge is 0.399 e. The van der Waals surface area contributed by atoms with Crippen LogP contribution in [-0.2, 0) is 16.6 Å². The minimum Gasteiger partial charge on any atom is -0.399 e. The zero-order valence-electron chi connectivity index (χ0n) is 8.97. The summed E-state index contributed by atoms with van der Waals surface area (Å²) in [6.07, 6.45) is 3.40. The maximum atomic E-state index is 12.2. The molecule has 2 aromatic rings. The molecule has 1 atom stereocenters. The van der Waals surface area contributed by atoms with Gasteiger partial charge in [0.2, 0.25) is 0 Å². The zero-order chi connectivity index (χ0) is 12.3. The van der Waals surface area contributed by atoms with Gasteiger partial charge in [-0.1, -0.05) is 0 Å². The maximum Gasteiger partial charge on any atom is 0.0585 e. The Morgan fingerprint density at radius 1 is 1.24 bits per heavy atom. The third kappa shape index (κ3) is 3.14. The van der Waals surface area contributed by atoms with Gasteiger partial charge in [-0.2, -0.15) is 0 Å². The number of nitrogen functional groups attached to an aromatic ring is 1. The molecular formula is C12H11BrN2OS. The molecule has 0 aliphatic carbocycles. The van der Waals surface area contributed by atoms with E-state index < -0.39 is 10.8 Å². The lowest BCUT2D eigenvalue weighted by Gasteiger charge is -2.05. The number of nitrogens with zero attached hydrogens (tertiary/aromatic N) is 1. The summed E-state index contributed by atoms with van der Waals surface area (Å²) in [5.74, 6) is 0.477. The van der Waals surface area contributed by atoms with Crippen LogP contribution in [0.4, 0.5) is 5.69 Å². The van der Waals surface area contributed by atoms with Gasteiger partial charge in [-0.3, -0.25) is 9.19 Å². The lowest BCUT2D eigenvalue weighted by molar-refractivity contribution is 0.682. The number of aromatic nitrogens is 1. The first-order chi connectivity index (χ1) is 8.16. The highest BCUT2D eigenvalue weighted by Crippen LogP contribution is 2.24. The molecule has 0 amide bonds. The van der Waals surface area contributed by atoms with Crippen LogP contribution >= 0.6 is 15.9 Å². The van der Waals surface area contributed by atoms with Gasteiger partial charge < -0.3 is 5.73 Å². The number of hydrogen-bond donors (Lipinski definition) is 1. The first-order valence-corrected chi connectivity index (χ1v) is 7.10. The molecule has 2 rings (SSSR count). The average molecular weight is 311 g/mol. The molecule has 5 heteroatoms. The van der Waals surface area contributed by atoms with Crippen molar-refractivity contribution < 1.29 is 4.21 Å². The van der Waals surface area contributed by atoms with E-state index in [9.17, 15) is 4.21 Å². The molecule has 0 aliphatic rings. The maximum absolute atomic E-state index is 12.2. The molecule has 0 aliphatic heterocycles. The van der Waals surface area contributed by atoms with E-state index in [1.807, 2.05) is 12.1 Å². The highest BCUT2D eigenvalue weighted by molar-refractivity contribution is 9.10. The topological polar surface area (TPSA) is 56.0 Å². The fourth-order valence-electron chi connectivity index (χ4n) is 1.41. The normalized spacial score (nSPS) is 12.3. The Morgan fingerprint density at radius 3 is 2.59 bits per heavy atom. The number of pyridine rings is 1. The smallest absolute Gasteiger partial charge is 0.0585 e. The van der Waals surface area contributed by atoms with Crippen LogP contribution in [0.1, 0.15) is 5.56 Å². The molecule has 0 bridgehead atoms. The molecule has 0 saturated heterocycles. The molecule has 1 aromatic heterocycles. The average Bonchev–Trinajstić information content (AvgIpc) is 2.30. The standard InChI is InChI=1S/C12H11BrN2OS/c13-11-7-10(14)1-2-12(11)17(16)8-9-3-5-15-6-4-9/h1-7H,8,14H2. The molecule has 1 unspecified atom stereocenters. The quantitative estimate of drug-likeness (QED) is 0.887. The van der Waals surface area contributed by atoms with Gasteiger partial charge in [0.1, 0.15) is 0 Å².